The molecule has 0 atom stereocenters. The second-order valence-corrected chi connectivity index (χ2v) is 7.26. The highest BCUT2D eigenvalue weighted by molar-refractivity contribution is 5.22. The zero-order valence-corrected chi connectivity index (χ0v) is 15.1. The van der Waals surface area contributed by atoms with E-state index in [-0.39, 0.29) is 0 Å². The number of hydrogen-bond donors (Lipinski definition) is 1. The number of unbranched alkanes of at least 4 members (excludes halogenated alkanes) is 5. The van der Waals surface area contributed by atoms with Crippen LogP contribution < -0.4 is 5.73 Å². The molecule has 1 aromatic carbocycles. The predicted molar refractivity (Wildman–Crippen MR) is 101 cm³/mol. The van der Waals surface area contributed by atoms with Crippen LogP contribution in [0.25, 0.3) is 0 Å². The molecule has 1 aromatic rings. The standard InChI is InChI=1S/C21H36N2/c1-2-3-4-5-6-7-8-19-9-11-20(12-10-19)13-16-23-17-14-21(22)15-18-23/h9-12,21H,2-8,13-18,22H2,1H3. The Morgan fingerprint density at radius 3 is 2.09 bits per heavy atom. The van der Waals surface area contributed by atoms with E-state index >= 15 is 0 Å². The van der Waals surface area contributed by atoms with Crippen molar-refractivity contribution in [2.45, 2.75) is 77.2 Å². The van der Waals surface area contributed by atoms with Gasteiger partial charge >= 0.3 is 0 Å². The van der Waals surface area contributed by atoms with Crippen LogP contribution in [0.15, 0.2) is 24.3 Å². The summed E-state index contributed by atoms with van der Waals surface area (Å²) in [6.45, 7) is 5.82. The molecular formula is C21H36N2. The smallest absolute Gasteiger partial charge is 0.00631 e. The summed E-state index contributed by atoms with van der Waals surface area (Å²) in [5.74, 6) is 0. The molecule has 0 aromatic heterocycles. The maximum absolute atomic E-state index is 5.97. The SMILES string of the molecule is CCCCCCCCc1ccc(CCN2CCC(N)CC2)cc1. The van der Waals surface area contributed by atoms with E-state index in [1.165, 1.54) is 82.1 Å². The molecule has 1 aliphatic heterocycles. The lowest BCUT2D eigenvalue weighted by molar-refractivity contribution is 0.215. The van der Waals surface area contributed by atoms with E-state index in [1.807, 2.05) is 0 Å². The van der Waals surface area contributed by atoms with Gasteiger partial charge in [0.15, 0.2) is 0 Å². The number of nitrogens with two attached hydrogens (primary N) is 1. The predicted octanol–water partition coefficient (Wildman–Crippen LogP) is 4.56. The summed E-state index contributed by atoms with van der Waals surface area (Å²) in [4.78, 5) is 2.56. The van der Waals surface area contributed by atoms with Gasteiger partial charge in [-0.3, -0.25) is 0 Å². The van der Waals surface area contributed by atoms with Gasteiger partial charge in [-0.05, 0) is 56.3 Å². The Labute approximate surface area is 143 Å². The maximum atomic E-state index is 5.97. The fraction of sp³-hybridized carbons (Fsp3) is 0.714. The average Bonchev–Trinajstić information content (AvgIpc) is 2.58. The molecule has 0 spiro atoms. The highest BCUT2D eigenvalue weighted by Crippen LogP contribution is 2.13. The third-order valence-corrected chi connectivity index (χ3v) is 5.19. The lowest BCUT2D eigenvalue weighted by Gasteiger charge is -2.29. The molecule has 2 nitrogen and oxygen atoms in total. The molecule has 1 saturated heterocycles. The molecule has 1 heterocycles. The van der Waals surface area contributed by atoms with Crippen LogP contribution in [0.3, 0.4) is 0 Å². The first-order valence-corrected chi connectivity index (χ1v) is 9.83. The van der Waals surface area contributed by atoms with Gasteiger partial charge in [0.05, 0.1) is 0 Å². The summed E-state index contributed by atoms with van der Waals surface area (Å²) in [6, 6.07) is 9.79. The summed E-state index contributed by atoms with van der Waals surface area (Å²) in [7, 11) is 0. The van der Waals surface area contributed by atoms with Crippen molar-refractivity contribution in [3.05, 3.63) is 35.4 Å². The third-order valence-electron chi connectivity index (χ3n) is 5.19. The minimum Gasteiger partial charge on any atom is -0.328 e. The first-order chi connectivity index (χ1) is 11.3. The lowest BCUT2D eigenvalue weighted by Crippen LogP contribution is -2.40. The Morgan fingerprint density at radius 2 is 1.43 bits per heavy atom. The van der Waals surface area contributed by atoms with Crippen LogP contribution in [0.4, 0.5) is 0 Å². The van der Waals surface area contributed by atoms with E-state index in [1.54, 1.807) is 0 Å². The Hall–Kier alpha value is -0.860. The molecule has 0 saturated carbocycles. The van der Waals surface area contributed by atoms with Crippen LogP contribution >= 0.6 is 0 Å². The number of likely N-dealkylation sites (tertiary alicyclic amines) is 1. The molecule has 2 N–H and O–H groups in total. The van der Waals surface area contributed by atoms with E-state index < -0.39 is 0 Å². The monoisotopic (exact) mass is 316 g/mol. The molecule has 23 heavy (non-hydrogen) atoms. The number of hydrogen-bond acceptors (Lipinski definition) is 2. The van der Waals surface area contributed by atoms with Crippen molar-refractivity contribution < 1.29 is 0 Å². The Balaban J connectivity index is 1.60. The number of aryl methyl sites for hydroxylation is 1. The summed E-state index contributed by atoms with van der Waals surface area (Å²) in [5.41, 5.74) is 8.95. The van der Waals surface area contributed by atoms with Crippen molar-refractivity contribution in [2.75, 3.05) is 19.6 Å². The zero-order chi connectivity index (χ0) is 16.3. The van der Waals surface area contributed by atoms with Crippen LogP contribution in [-0.4, -0.2) is 30.6 Å². The summed E-state index contributed by atoms with van der Waals surface area (Å²) in [5, 5.41) is 0. The number of benzene rings is 1. The normalized spacial score (nSPS) is 16.8. The van der Waals surface area contributed by atoms with Crippen LogP contribution in [0.1, 0.15) is 69.4 Å². The van der Waals surface area contributed by atoms with Crippen molar-refractivity contribution in [2.24, 2.45) is 5.73 Å². The first kappa shape index (κ1) is 18.5. The summed E-state index contributed by atoms with van der Waals surface area (Å²) < 4.78 is 0. The van der Waals surface area contributed by atoms with Crippen molar-refractivity contribution in [3.63, 3.8) is 0 Å². The maximum Gasteiger partial charge on any atom is 0.00631 e. The molecule has 0 amide bonds. The van der Waals surface area contributed by atoms with E-state index in [2.05, 4.69) is 36.1 Å². The first-order valence-electron chi connectivity index (χ1n) is 9.83. The summed E-state index contributed by atoms with van der Waals surface area (Å²) in [6.07, 6.45) is 13.0. The van der Waals surface area contributed by atoms with Gasteiger partial charge in [0.2, 0.25) is 0 Å². The van der Waals surface area contributed by atoms with Crippen molar-refractivity contribution in [1.82, 2.24) is 4.90 Å². The minimum atomic E-state index is 0.438. The summed E-state index contributed by atoms with van der Waals surface area (Å²) >= 11 is 0. The van der Waals surface area contributed by atoms with Crippen LogP contribution in [-0.2, 0) is 12.8 Å². The molecule has 0 unspecified atom stereocenters. The zero-order valence-electron chi connectivity index (χ0n) is 15.1. The van der Waals surface area contributed by atoms with Gasteiger partial charge in [0.1, 0.15) is 0 Å². The molecular weight excluding hydrogens is 280 g/mol. The van der Waals surface area contributed by atoms with E-state index in [0.717, 1.165) is 12.8 Å². The quantitative estimate of drug-likeness (QED) is 0.641. The second kappa shape index (κ2) is 10.8. The molecule has 0 aliphatic carbocycles. The number of piperidine rings is 1. The van der Waals surface area contributed by atoms with Crippen LogP contribution in [0.2, 0.25) is 0 Å². The molecule has 2 rings (SSSR count). The van der Waals surface area contributed by atoms with Crippen LogP contribution in [0, 0.1) is 0 Å². The van der Waals surface area contributed by atoms with Gasteiger partial charge in [-0.15, -0.1) is 0 Å². The molecule has 1 fully saturated rings. The van der Waals surface area contributed by atoms with Crippen molar-refractivity contribution in [1.29, 1.82) is 0 Å². The average molecular weight is 317 g/mol. The Morgan fingerprint density at radius 1 is 0.870 bits per heavy atom. The Kier molecular flexibility index (Phi) is 8.70. The third kappa shape index (κ3) is 7.50. The van der Waals surface area contributed by atoms with E-state index in [4.69, 9.17) is 5.73 Å². The molecule has 0 bridgehead atoms. The highest BCUT2D eigenvalue weighted by atomic mass is 15.1. The topological polar surface area (TPSA) is 29.3 Å². The van der Waals surface area contributed by atoms with E-state index in [9.17, 15) is 0 Å². The largest absolute Gasteiger partial charge is 0.328 e. The molecule has 2 heteroatoms. The Bertz CT molecular complexity index is 404. The van der Waals surface area contributed by atoms with Crippen LogP contribution in [0.5, 0.6) is 0 Å². The fourth-order valence-electron chi connectivity index (χ4n) is 3.45. The van der Waals surface area contributed by atoms with Crippen molar-refractivity contribution in [3.8, 4) is 0 Å². The van der Waals surface area contributed by atoms with Crippen molar-refractivity contribution >= 4 is 0 Å². The van der Waals surface area contributed by atoms with Gasteiger partial charge in [0, 0.05) is 12.6 Å². The lowest BCUT2D eigenvalue weighted by atomic mass is 10.0. The van der Waals surface area contributed by atoms with Gasteiger partial charge in [-0.1, -0.05) is 63.3 Å². The highest BCUT2D eigenvalue weighted by Gasteiger charge is 2.15. The number of nitrogens with zero attached hydrogens (tertiary/aromatic N) is 1. The van der Waals surface area contributed by atoms with E-state index in [0.29, 0.717) is 6.04 Å². The minimum absolute atomic E-state index is 0.438. The van der Waals surface area contributed by atoms with Gasteiger partial charge in [-0.2, -0.15) is 0 Å². The molecule has 0 radical (unpaired) electrons. The molecule has 130 valence electrons. The fourth-order valence-corrected chi connectivity index (χ4v) is 3.45. The second-order valence-electron chi connectivity index (χ2n) is 7.26. The number of rotatable bonds is 10. The molecule has 1 aliphatic rings. The van der Waals surface area contributed by atoms with Gasteiger partial charge in [0.25, 0.3) is 0 Å². The van der Waals surface area contributed by atoms with Gasteiger partial charge in [-0.25, -0.2) is 0 Å². The van der Waals surface area contributed by atoms with Gasteiger partial charge < -0.3 is 10.6 Å².